The van der Waals surface area contributed by atoms with E-state index in [4.69, 9.17) is 0 Å². The number of nitrogens with one attached hydrogen (secondary N) is 1. The molecule has 0 atom stereocenters. The monoisotopic (exact) mass is 437 g/mol. The van der Waals surface area contributed by atoms with Gasteiger partial charge in [-0.25, -0.2) is 8.42 Å². The van der Waals surface area contributed by atoms with E-state index in [1.807, 2.05) is 54.6 Å². The van der Waals surface area contributed by atoms with Crippen molar-refractivity contribution in [3.8, 4) is 0 Å². The summed E-state index contributed by atoms with van der Waals surface area (Å²) in [6, 6.07) is 23.5. The number of hydrogen-bond donors (Lipinski definition) is 1. The topological polar surface area (TPSA) is 69.7 Å². The fraction of sp³-hybridized carbons (Fsp3) is 0.292. The second-order valence-corrected chi connectivity index (χ2v) is 9.88. The van der Waals surface area contributed by atoms with Crippen LogP contribution in [0.3, 0.4) is 0 Å². The van der Waals surface area contributed by atoms with Crippen LogP contribution in [0.25, 0.3) is 10.8 Å². The molecule has 4 rings (SSSR count). The second kappa shape index (κ2) is 9.60. The van der Waals surface area contributed by atoms with Gasteiger partial charge in [0, 0.05) is 44.8 Å². The molecular weight excluding hydrogens is 410 g/mol. The lowest BCUT2D eigenvalue weighted by Gasteiger charge is -2.34. The maximum absolute atomic E-state index is 12.7. The van der Waals surface area contributed by atoms with Crippen LogP contribution in [0.15, 0.2) is 72.8 Å². The van der Waals surface area contributed by atoms with Crippen LogP contribution in [0, 0.1) is 0 Å². The van der Waals surface area contributed by atoms with Gasteiger partial charge in [0.05, 0.1) is 5.75 Å². The van der Waals surface area contributed by atoms with Gasteiger partial charge in [0.2, 0.25) is 10.0 Å². The first-order valence-electron chi connectivity index (χ1n) is 10.5. The molecule has 1 fully saturated rings. The standard InChI is InChI=1S/C24H27N3O3S/c28-24(23-11-10-21-8-4-5-9-22(21)18-23)25-12-17-31(29,30)27-15-13-26(14-16-27)19-20-6-2-1-3-7-20/h1-11,18H,12-17,19H2,(H,25,28). The lowest BCUT2D eigenvalue weighted by atomic mass is 10.1. The lowest BCUT2D eigenvalue weighted by Crippen LogP contribution is -2.49. The molecule has 1 heterocycles. The molecule has 0 radical (unpaired) electrons. The van der Waals surface area contributed by atoms with Crippen molar-refractivity contribution in [3.63, 3.8) is 0 Å². The third-order valence-corrected chi connectivity index (χ3v) is 7.50. The number of piperazine rings is 1. The maximum Gasteiger partial charge on any atom is 0.251 e. The van der Waals surface area contributed by atoms with Crippen LogP contribution in [0.2, 0.25) is 0 Å². The summed E-state index contributed by atoms with van der Waals surface area (Å²) < 4.78 is 26.9. The molecule has 0 aromatic heterocycles. The molecule has 31 heavy (non-hydrogen) atoms. The minimum atomic E-state index is -3.40. The van der Waals surface area contributed by atoms with Crippen LogP contribution in [0.1, 0.15) is 15.9 Å². The van der Waals surface area contributed by atoms with Gasteiger partial charge in [-0.2, -0.15) is 4.31 Å². The van der Waals surface area contributed by atoms with Crippen LogP contribution < -0.4 is 5.32 Å². The molecule has 1 N–H and O–H groups in total. The molecule has 0 bridgehead atoms. The van der Waals surface area contributed by atoms with Gasteiger partial charge < -0.3 is 5.32 Å². The number of nitrogens with zero attached hydrogens (tertiary/aromatic N) is 2. The Hall–Kier alpha value is -2.74. The van der Waals surface area contributed by atoms with Gasteiger partial charge in [-0.05, 0) is 28.5 Å². The first kappa shape index (κ1) is 21.5. The highest BCUT2D eigenvalue weighted by Gasteiger charge is 2.26. The molecule has 6 nitrogen and oxygen atoms in total. The van der Waals surface area contributed by atoms with Crippen molar-refractivity contribution in [2.24, 2.45) is 0 Å². The molecule has 1 aliphatic rings. The largest absolute Gasteiger partial charge is 0.351 e. The summed E-state index contributed by atoms with van der Waals surface area (Å²) in [7, 11) is -3.40. The Morgan fingerprint density at radius 1 is 0.839 bits per heavy atom. The number of fused-ring (bicyclic) bond motifs is 1. The molecular formula is C24H27N3O3S. The molecule has 7 heteroatoms. The molecule has 1 amide bonds. The Bertz CT molecular complexity index is 1140. The predicted molar refractivity (Wildman–Crippen MR) is 123 cm³/mol. The molecule has 162 valence electrons. The smallest absolute Gasteiger partial charge is 0.251 e. The zero-order valence-corrected chi connectivity index (χ0v) is 18.2. The Kier molecular flexibility index (Phi) is 6.65. The fourth-order valence-electron chi connectivity index (χ4n) is 3.86. The van der Waals surface area contributed by atoms with Crippen molar-refractivity contribution >= 4 is 26.7 Å². The van der Waals surface area contributed by atoms with E-state index in [-0.39, 0.29) is 18.2 Å². The summed E-state index contributed by atoms with van der Waals surface area (Å²) in [5.41, 5.74) is 1.76. The van der Waals surface area contributed by atoms with Crippen molar-refractivity contribution < 1.29 is 13.2 Å². The summed E-state index contributed by atoms with van der Waals surface area (Å²) in [6.07, 6.45) is 0. The Morgan fingerprint density at radius 3 is 2.26 bits per heavy atom. The molecule has 1 aliphatic heterocycles. The molecule has 0 saturated carbocycles. The van der Waals surface area contributed by atoms with Gasteiger partial charge in [0.15, 0.2) is 0 Å². The van der Waals surface area contributed by atoms with E-state index >= 15 is 0 Å². The van der Waals surface area contributed by atoms with Crippen molar-refractivity contribution in [1.82, 2.24) is 14.5 Å². The first-order chi connectivity index (χ1) is 15.0. The van der Waals surface area contributed by atoms with Gasteiger partial charge in [0.1, 0.15) is 0 Å². The average Bonchev–Trinajstić information content (AvgIpc) is 2.79. The molecule has 0 unspecified atom stereocenters. The van der Waals surface area contributed by atoms with Crippen molar-refractivity contribution in [1.29, 1.82) is 0 Å². The third kappa shape index (κ3) is 5.50. The predicted octanol–water partition coefficient (Wildman–Crippen LogP) is 2.72. The number of benzene rings is 3. The van der Waals surface area contributed by atoms with Gasteiger partial charge in [0.25, 0.3) is 5.91 Å². The Morgan fingerprint density at radius 2 is 1.52 bits per heavy atom. The second-order valence-electron chi connectivity index (χ2n) is 7.79. The lowest BCUT2D eigenvalue weighted by molar-refractivity contribution is 0.0956. The number of sulfonamides is 1. The number of carbonyl (C=O) groups excluding carboxylic acids is 1. The quantitative estimate of drug-likeness (QED) is 0.617. The minimum absolute atomic E-state index is 0.0923. The van der Waals surface area contributed by atoms with Crippen LogP contribution in [-0.2, 0) is 16.6 Å². The summed E-state index contributed by atoms with van der Waals surface area (Å²) in [5.74, 6) is -0.348. The molecule has 0 aliphatic carbocycles. The molecule has 3 aromatic carbocycles. The molecule has 3 aromatic rings. The summed E-state index contributed by atoms with van der Waals surface area (Å²) in [4.78, 5) is 14.7. The average molecular weight is 438 g/mol. The first-order valence-corrected chi connectivity index (χ1v) is 12.1. The summed E-state index contributed by atoms with van der Waals surface area (Å²) in [6.45, 7) is 3.30. The van der Waals surface area contributed by atoms with E-state index in [0.717, 1.165) is 17.3 Å². The summed E-state index contributed by atoms with van der Waals surface area (Å²) >= 11 is 0. The van der Waals surface area contributed by atoms with Gasteiger partial charge in [-0.3, -0.25) is 9.69 Å². The van der Waals surface area contributed by atoms with E-state index in [2.05, 4.69) is 22.3 Å². The van der Waals surface area contributed by atoms with Crippen LogP contribution in [0.4, 0.5) is 0 Å². The zero-order valence-electron chi connectivity index (χ0n) is 17.4. The fourth-order valence-corrected chi connectivity index (χ4v) is 5.20. The van der Waals surface area contributed by atoms with Crippen LogP contribution in [0.5, 0.6) is 0 Å². The highest BCUT2D eigenvalue weighted by molar-refractivity contribution is 7.89. The van der Waals surface area contributed by atoms with Crippen molar-refractivity contribution in [3.05, 3.63) is 83.9 Å². The van der Waals surface area contributed by atoms with Gasteiger partial charge in [-0.15, -0.1) is 0 Å². The van der Waals surface area contributed by atoms with E-state index in [1.54, 1.807) is 6.07 Å². The number of hydrogen-bond acceptors (Lipinski definition) is 4. The Labute approximate surface area is 183 Å². The van der Waals surface area contributed by atoms with Crippen molar-refractivity contribution in [2.75, 3.05) is 38.5 Å². The highest BCUT2D eigenvalue weighted by Crippen LogP contribution is 2.16. The number of amides is 1. The van der Waals surface area contributed by atoms with Crippen molar-refractivity contribution in [2.45, 2.75) is 6.54 Å². The SMILES string of the molecule is O=C(NCCS(=O)(=O)N1CCN(Cc2ccccc2)CC1)c1ccc2ccccc2c1. The molecule has 0 spiro atoms. The third-order valence-electron chi connectivity index (χ3n) is 5.63. The van der Waals surface area contributed by atoms with E-state index in [1.165, 1.54) is 9.87 Å². The maximum atomic E-state index is 12.7. The normalized spacial score (nSPS) is 15.7. The molecule has 1 saturated heterocycles. The van der Waals surface area contributed by atoms with Gasteiger partial charge in [-0.1, -0.05) is 60.7 Å². The zero-order chi connectivity index (χ0) is 21.7. The van der Waals surface area contributed by atoms with Gasteiger partial charge >= 0.3 is 0 Å². The number of carbonyl (C=O) groups is 1. The summed E-state index contributed by atoms with van der Waals surface area (Å²) in [5, 5.41) is 4.79. The van der Waals surface area contributed by atoms with E-state index in [9.17, 15) is 13.2 Å². The Balaban J connectivity index is 1.25. The van der Waals surface area contributed by atoms with Crippen LogP contribution >= 0.6 is 0 Å². The van der Waals surface area contributed by atoms with E-state index in [0.29, 0.717) is 31.7 Å². The van der Waals surface area contributed by atoms with Crippen LogP contribution in [-0.4, -0.2) is 62.0 Å². The minimum Gasteiger partial charge on any atom is -0.351 e. The van der Waals surface area contributed by atoms with E-state index < -0.39 is 10.0 Å². The highest BCUT2D eigenvalue weighted by atomic mass is 32.2. The number of rotatable bonds is 7.